The fourth-order valence-corrected chi connectivity index (χ4v) is 3.18. The Balaban J connectivity index is 1.81. The highest BCUT2D eigenvalue weighted by molar-refractivity contribution is 5.93. The van der Waals surface area contributed by atoms with E-state index in [2.05, 4.69) is 66.2 Å². The number of amides is 1. The Morgan fingerprint density at radius 2 is 1.88 bits per heavy atom. The molecular weight excluding hydrogens is 326 g/mol. The molecule has 1 aliphatic rings. The highest BCUT2D eigenvalue weighted by Crippen LogP contribution is 2.29. The number of likely N-dealkylation sites (N-methyl/N-ethyl adjacent to an activating group) is 1. The van der Waals surface area contributed by atoms with Gasteiger partial charge in [0, 0.05) is 37.9 Å². The van der Waals surface area contributed by atoms with Gasteiger partial charge in [0.25, 0.3) is 5.91 Å². The number of rotatable bonds is 4. The molecule has 0 saturated carbocycles. The van der Waals surface area contributed by atoms with Crippen LogP contribution in [0.4, 0.5) is 11.5 Å². The number of aromatic nitrogens is 2. The number of piperazine rings is 1. The van der Waals surface area contributed by atoms with Crippen molar-refractivity contribution in [2.75, 3.05) is 38.5 Å². The van der Waals surface area contributed by atoms with Crippen LogP contribution in [-0.2, 0) is 0 Å². The molecule has 0 unspecified atom stereocenters. The number of carbonyl (C=O) groups is 1. The monoisotopic (exact) mass is 353 g/mol. The highest BCUT2D eigenvalue weighted by atomic mass is 16.2. The zero-order valence-corrected chi connectivity index (χ0v) is 16.0. The number of hydrogen-bond donors (Lipinski definition) is 1. The summed E-state index contributed by atoms with van der Waals surface area (Å²) in [6, 6.07) is 8.01. The maximum absolute atomic E-state index is 12.7. The van der Waals surface area contributed by atoms with E-state index in [1.807, 2.05) is 4.90 Å². The molecule has 1 N–H and O–H groups in total. The Hall–Kier alpha value is -2.47. The molecule has 1 amide bonds. The lowest BCUT2D eigenvalue weighted by Crippen LogP contribution is -2.47. The van der Waals surface area contributed by atoms with Gasteiger partial charge in [-0.25, -0.2) is 9.97 Å². The molecule has 1 fully saturated rings. The van der Waals surface area contributed by atoms with Crippen molar-refractivity contribution in [1.29, 1.82) is 0 Å². The molecule has 2 aromatic rings. The predicted octanol–water partition coefficient (Wildman–Crippen LogP) is 3.04. The van der Waals surface area contributed by atoms with Crippen LogP contribution in [0.1, 0.15) is 41.4 Å². The van der Waals surface area contributed by atoms with Gasteiger partial charge < -0.3 is 15.1 Å². The largest absolute Gasteiger partial charge is 0.340 e. The molecule has 2 heterocycles. The molecule has 0 spiro atoms. The van der Waals surface area contributed by atoms with Gasteiger partial charge in [0.1, 0.15) is 17.8 Å². The average molecular weight is 353 g/mol. The number of anilines is 2. The van der Waals surface area contributed by atoms with Crippen molar-refractivity contribution < 1.29 is 4.79 Å². The van der Waals surface area contributed by atoms with Gasteiger partial charge >= 0.3 is 0 Å². The molecule has 6 heteroatoms. The Labute approximate surface area is 155 Å². The molecule has 0 bridgehead atoms. The van der Waals surface area contributed by atoms with E-state index in [1.165, 1.54) is 11.9 Å². The minimum atomic E-state index is -0.0302. The smallest absolute Gasteiger partial charge is 0.272 e. The third-order valence-corrected chi connectivity index (χ3v) is 4.86. The van der Waals surface area contributed by atoms with Crippen molar-refractivity contribution in [2.24, 2.45) is 0 Å². The van der Waals surface area contributed by atoms with Crippen LogP contribution in [0.3, 0.4) is 0 Å². The van der Waals surface area contributed by atoms with Crippen LogP contribution in [0.25, 0.3) is 0 Å². The molecule has 138 valence electrons. The topological polar surface area (TPSA) is 61.4 Å². The molecule has 0 radical (unpaired) electrons. The SMILES string of the molecule is Cc1cccc(C(C)C)c1Nc1cc(C(=O)N2CCN(C)CC2)ncn1. The van der Waals surface area contributed by atoms with Gasteiger partial charge in [-0.05, 0) is 31.0 Å². The van der Waals surface area contributed by atoms with E-state index >= 15 is 0 Å². The van der Waals surface area contributed by atoms with Gasteiger partial charge in [-0.15, -0.1) is 0 Å². The molecule has 0 aliphatic carbocycles. The number of carbonyl (C=O) groups excluding carboxylic acids is 1. The second-order valence-corrected chi connectivity index (χ2v) is 7.20. The Kier molecular flexibility index (Phi) is 5.52. The van der Waals surface area contributed by atoms with Crippen molar-refractivity contribution in [3.05, 3.63) is 47.4 Å². The summed E-state index contributed by atoms with van der Waals surface area (Å²) in [6.45, 7) is 9.66. The van der Waals surface area contributed by atoms with Gasteiger partial charge in [-0.2, -0.15) is 0 Å². The number of nitrogens with zero attached hydrogens (tertiary/aromatic N) is 4. The molecule has 3 rings (SSSR count). The number of para-hydroxylation sites is 1. The maximum Gasteiger partial charge on any atom is 0.272 e. The fourth-order valence-electron chi connectivity index (χ4n) is 3.18. The first kappa shape index (κ1) is 18.3. The predicted molar refractivity (Wildman–Crippen MR) is 104 cm³/mol. The van der Waals surface area contributed by atoms with Crippen molar-refractivity contribution in [2.45, 2.75) is 26.7 Å². The lowest BCUT2D eigenvalue weighted by atomic mass is 9.98. The second-order valence-electron chi connectivity index (χ2n) is 7.20. The van der Waals surface area contributed by atoms with Crippen LogP contribution in [-0.4, -0.2) is 58.9 Å². The van der Waals surface area contributed by atoms with E-state index < -0.39 is 0 Å². The van der Waals surface area contributed by atoms with Crippen LogP contribution in [0.5, 0.6) is 0 Å². The molecule has 1 saturated heterocycles. The first-order valence-corrected chi connectivity index (χ1v) is 9.12. The van der Waals surface area contributed by atoms with Crippen LogP contribution in [0.2, 0.25) is 0 Å². The lowest BCUT2D eigenvalue weighted by molar-refractivity contribution is 0.0658. The third-order valence-electron chi connectivity index (χ3n) is 4.86. The summed E-state index contributed by atoms with van der Waals surface area (Å²) < 4.78 is 0. The van der Waals surface area contributed by atoms with Gasteiger partial charge in [0.2, 0.25) is 0 Å². The molecule has 6 nitrogen and oxygen atoms in total. The van der Waals surface area contributed by atoms with Gasteiger partial charge in [0.05, 0.1) is 0 Å². The van der Waals surface area contributed by atoms with E-state index in [4.69, 9.17) is 0 Å². The van der Waals surface area contributed by atoms with E-state index in [9.17, 15) is 4.79 Å². The highest BCUT2D eigenvalue weighted by Gasteiger charge is 2.22. The average Bonchev–Trinajstić information content (AvgIpc) is 2.63. The maximum atomic E-state index is 12.7. The summed E-state index contributed by atoms with van der Waals surface area (Å²) >= 11 is 0. The van der Waals surface area contributed by atoms with Crippen molar-refractivity contribution in [1.82, 2.24) is 19.8 Å². The number of aryl methyl sites for hydroxylation is 1. The van der Waals surface area contributed by atoms with Crippen LogP contribution >= 0.6 is 0 Å². The molecule has 1 aliphatic heterocycles. The standard InChI is InChI=1S/C20H27N5O/c1-14(2)16-7-5-6-15(3)19(16)23-18-12-17(21-13-22-18)20(26)25-10-8-24(4)9-11-25/h5-7,12-14H,8-11H2,1-4H3,(H,21,22,23). The molecule has 1 aromatic carbocycles. The Morgan fingerprint density at radius 1 is 1.15 bits per heavy atom. The van der Waals surface area contributed by atoms with E-state index in [-0.39, 0.29) is 5.91 Å². The van der Waals surface area contributed by atoms with Crippen LogP contribution < -0.4 is 5.32 Å². The molecule has 1 aromatic heterocycles. The third kappa shape index (κ3) is 4.02. The van der Waals surface area contributed by atoms with Gasteiger partial charge in [0.15, 0.2) is 0 Å². The van der Waals surface area contributed by atoms with Crippen LogP contribution in [0, 0.1) is 6.92 Å². The van der Waals surface area contributed by atoms with Gasteiger partial charge in [-0.3, -0.25) is 4.79 Å². The normalized spacial score (nSPS) is 15.3. The van der Waals surface area contributed by atoms with E-state index in [1.54, 1.807) is 6.07 Å². The van der Waals surface area contributed by atoms with Crippen molar-refractivity contribution in [3.63, 3.8) is 0 Å². The van der Waals surface area contributed by atoms with E-state index in [0.29, 0.717) is 17.4 Å². The lowest BCUT2D eigenvalue weighted by Gasteiger charge is -2.32. The van der Waals surface area contributed by atoms with Crippen molar-refractivity contribution >= 4 is 17.4 Å². The summed E-state index contributed by atoms with van der Waals surface area (Å²) in [5.41, 5.74) is 3.88. The second kappa shape index (κ2) is 7.83. The Bertz CT molecular complexity index is 782. The zero-order valence-electron chi connectivity index (χ0n) is 16.0. The summed E-state index contributed by atoms with van der Waals surface area (Å²) in [5.74, 6) is 1.01. The summed E-state index contributed by atoms with van der Waals surface area (Å²) in [6.07, 6.45) is 1.46. The summed E-state index contributed by atoms with van der Waals surface area (Å²) in [4.78, 5) is 25.3. The van der Waals surface area contributed by atoms with E-state index in [0.717, 1.165) is 37.4 Å². The Morgan fingerprint density at radius 3 is 2.58 bits per heavy atom. The van der Waals surface area contributed by atoms with Crippen molar-refractivity contribution in [3.8, 4) is 0 Å². The van der Waals surface area contributed by atoms with Crippen LogP contribution in [0.15, 0.2) is 30.6 Å². The summed E-state index contributed by atoms with van der Waals surface area (Å²) in [7, 11) is 2.07. The minimum absolute atomic E-state index is 0.0302. The van der Waals surface area contributed by atoms with Gasteiger partial charge in [-0.1, -0.05) is 32.0 Å². The number of hydrogen-bond acceptors (Lipinski definition) is 5. The molecule has 0 atom stereocenters. The first-order chi connectivity index (χ1) is 12.5. The zero-order chi connectivity index (χ0) is 18.7. The first-order valence-electron chi connectivity index (χ1n) is 9.12. The molecular formula is C20H27N5O. The molecule has 26 heavy (non-hydrogen) atoms. The quantitative estimate of drug-likeness (QED) is 0.915. The number of benzene rings is 1. The number of nitrogens with one attached hydrogen (secondary N) is 1. The minimum Gasteiger partial charge on any atom is -0.340 e. The summed E-state index contributed by atoms with van der Waals surface area (Å²) in [5, 5.41) is 3.40. The fraction of sp³-hybridized carbons (Fsp3) is 0.450.